The summed E-state index contributed by atoms with van der Waals surface area (Å²) in [7, 11) is 0. The Hall–Kier alpha value is -0.860. The normalized spacial score (nSPS) is 15.4. The van der Waals surface area contributed by atoms with Crippen molar-refractivity contribution < 1.29 is 9.84 Å². The standard InChI is InChI=1S/C18H30O2/c1-7-20-17(18(4,5)6)16(19)12-14-8-10-15(11-9-14)13(2)3/h8-11,13,16-17,19H,7,12H2,1-6H3. The second-order valence-electron chi connectivity index (χ2n) is 6.91. The van der Waals surface area contributed by atoms with Gasteiger partial charge in [-0.1, -0.05) is 58.9 Å². The van der Waals surface area contributed by atoms with Gasteiger partial charge in [-0.2, -0.15) is 0 Å². The summed E-state index contributed by atoms with van der Waals surface area (Å²) >= 11 is 0. The summed E-state index contributed by atoms with van der Waals surface area (Å²) < 4.78 is 5.75. The molecule has 0 radical (unpaired) electrons. The molecule has 0 amide bonds. The summed E-state index contributed by atoms with van der Waals surface area (Å²) in [6, 6.07) is 8.54. The van der Waals surface area contributed by atoms with E-state index in [4.69, 9.17) is 4.74 Å². The van der Waals surface area contributed by atoms with E-state index in [1.54, 1.807) is 0 Å². The van der Waals surface area contributed by atoms with Crippen LogP contribution in [0.5, 0.6) is 0 Å². The molecule has 0 aliphatic carbocycles. The van der Waals surface area contributed by atoms with Crippen molar-refractivity contribution in [1.82, 2.24) is 0 Å². The predicted octanol–water partition coefficient (Wildman–Crippen LogP) is 4.16. The Bertz CT molecular complexity index is 387. The minimum atomic E-state index is -0.472. The smallest absolute Gasteiger partial charge is 0.0885 e. The molecule has 0 aromatic heterocycles. The quantitative estimate of drug-likeness (QED) is 0.846. The van der Waals surface area contributed by atoms with Crippen molar-refractivity contribution in [3.8, 4) is 0 Å². The van der Waals surface area contributed by atoms with Crippen LogP contribution in [0.4, 0.5) is 0 Å². The first-order chi connectivity index (χ1) is 9.25. The molecular weight excluding hydrogens is 248 g/mol. The second kappa shape index (κ2) is 7.24. The molecule has 1 aromatic rings. The first-order valence-corrected chi connectivity index (χ1v) is 7.64. The van der Waals surface area contributed by atoms with Crippen molar-refractivity contribution in [2.75, 3.05) is 6.61 Å². The zero-order chi connectivity index (χ0) is 15.3. The highest BCUT2D eigenvalue weighted by molar-refractivity contribution is 5.25. The van der Waals surface area contributed by atoms with Gasteiger partial charge in [0.15, 0.2) is 0 Å². The van der Waals surface area contributed by atoms with Gasteiger partial charge in [-0.15, -0.1) is 0 Å². The summed E-state index contributed by atoms with van der Waals surface area (Å²) in [5, 5.41) is 10.5. The lowest BCUT2D eigenvalue weighted by molar-refractivity contribution is -0.0873. The topological polar surface area (TPSA) is 29.5 Å². The zero-order valence-electron chi connectivity index (χ0n) is 13.8. The van der Waals surface area contributed by atoms with Gasteiger partial charge in [-0.25, -0.2) is 0 Å². The van der Waals surface area contributed by atoms with E-state index in [0.717, 1.165) is 5.56 Å². The van der Waals surface area contributed by atoms with Crippen LogP contribution in [-0.4, -0.2) is 23.9 Å². The van der Waals surface area contributed by atoms with E-state index in [1.165, 1.54) is 5.56 Å². The third-order valence-corrected chi connectivity index (χ3v) is 3.64. The van der Waals surface area contributed by atoms with Gasteiger partial charge < -0.3 is 9.84 Å². The van der Waals surface area contributed by atoms with Gasteiger partial charge in [-0.3, -0.25) is 0 Å². The molecule has 0 saturated heterocycles. The molecule has 2 unspecified atom stereocenters. The van der Waals surface area contributed by atoms with Crippen molar-refractivity contribution in [2.24, 2.45) is 5.41 Å². The molecule has 2 heteroatoms. The van der Waals surface area contributed by atoms with Crippen molar-refractivity contribution in [2.45, 2.75) is 66.1 Å². The monoisotopic (exact) mass is 278 g/mol. The molecule has 0 spiro atoms. The predicted molar refractivity (Wildman–Crippen MR) is 85.1 cm³/mol. The van der Waals surface area contributed by atoms with Gasteiger partial charge in [0.2, 0.25) is 0 Å². The number of hydrogen-bond acceptors (Lipinski definition) is 2. The van der Waals surface area contributed by atoms with Crippen LogP contribution in [0.3, 0.4) is 0 Å². The van der Waals surface area contributed by atoms with E-state index in [9.17, 15) is 5.11 Å². The SMILES string of the molecule is CCOC(C(O)Cc1ccc(C(C)C)cc1)C(C)(C)C. The lowest BCUT2D eigenvalue weighted by Crippen LogP contribution is -2.41. The summed E-state index contributed by atoms with van der Waals surface area (Å²) in [6.07, 6.45) is 0.0254. The fraction of sp³-hybridized carbons (Fsp3) is 0.667. The molecule has 0 aliphatic heterocycles. The van der Waals surface area contributed by atoms with Crippen LogP contribution < -0.4 is 0 Å². The number of benzene rings is 1. The zero-order valence-corrected chi connectivity index (χ0v) is 13.8. The third-order valence-electron chi connectivity index (χ3n) is 3.64. The van der Waals surface area contributed by atoms with Gasteiger partial charge in [0.25, 0.3) is 0 Å². The van der Waals surface area contributed by atoms with E-state index in [-0.39, 0.29) is 11.5 Å². The Morgan fingerprint density at radius 3 is 2.05 bits per heavy atom. The molecule has 0 heterocycles. The fourth-order valence-electron chi connectivity index (χ4n) is 2.50. The van der Waals surface area contributed by atoms with E-state index in [2.05, 4.69) is 58.9 Å². The molecular formula is C18H30O2. The van der Waals surface area contributed by atoms with Crippen LogP contribution >= 0.6 is 0 Å². The first kappa shape index (κ1) is 17.2. The molecule has 2 atom stereocenters. The van der Waals surface area contributed by atoms with Crippen LogP contribution in [0.2, 0.25) is 0 Å². The van der Waals surface area contributed by atoms with Crippen molar-refractivity contribution in [3.63, 3.8) is 0 Å². The van der Waals surface area contributed by atoms with Gasteiger partial charge in [0, 0.05) is 13.0 Å². The van der Waals surface area contributed by atoms with Crippen LogP contribution in [0.25, 0.3) is 0 Å². The Labute approximate surface area is 124 Å². The Morgan fingerprint density at radius 1 is 1.10 bits per heavy atom. The maximum atomic E-state index is 10.5. The summed E-state index contributed by atoms with van der Waals surface area (Å²) in [6.45, 7) is 13.3. The highest BCUT2D eigenvalue weighted by Crippen LogP contribution is 2.27. The van der Waals surface area contributed by atoms with Crippen LogP contribution in [0.15, 0.2) is 24.3 Å². The number of rotatable bonds is 6. The molecule has 0 bridgehead atoms. The molecule has 0 saturated carbocycles. The molecule has 0 fully saturated rings. The average molecular weight is 278 g/mol. The minimum Gasteiger partial charge on any atom is -0.390 e. The van der Waals surface area contributed by atoms with E-state index >= 15 is 0 Å². The maximum absolute atomic E-state index is 10.5. The molecule has 0 aliphatic rings. The molecule has 1 aromatic carbocycles. The summed E-state index contributed by atoms with van der Waals surface area (Å²) in [5.74, 6) is 0.541. The number of hydrogen-bond donors (Lipinski definition) is 1. The van der Waals surface area contributed by atoms with Crippen LogP contribution in [-0.2, 0) is 11.2 Å². The lowest BCUT2D eigenvalue weighted by Gasteiger charge is -2.34. The van der Waals surface area contributed by atoms with Gasteiger partial charge >= 0.3 is 0 Å². The Kier molecular flexibility index (Phi) is 6.22. The maximum Gasteiger partial charge on any atom is 0.0885 e. The third kappa shape index (κ3) is 4.92. The molecule has 1 rings (SSSR count). The Balaban J connectivity index is 2.75. The van der Waals surface area contributed by atoms with E-state index < -0.39 is 6.10 Å². The largest absolute Gasteiger partial charge is 0.390 e. The van der Waals surface area contributed by atoms with Crippen LogP contribution in [0, 0.1) is 5.41 Å². The average Bonchev–Trinajstić information content (AvgIpc) is 2.35. The number of aliphatic hydroxyl groups excluding tert-OH is 1. The van der Waals surface area contributed by atoms with Crippen LogP contribution in [0.1, 0.15) is 58.6 Å². The molecule has 20 heavy (non-hydrogen) atoms. The van der Waals surface area contributed by atoms with Gasteiger partial charge in [-0.05, 0) is 29.4 Å². The Morgan fingerprint density at radius 2 is 1.65 bits per heavy atom. The molecule has 1 N–H and O–H groups in total. The molecule has 114 valence electrons. The van der Waals surface area contributed by atoms with Gasteiger partial charge in [0.05, 0.1) is 12.2 Å². The second-order valence-corrected chi connectivity index (χ2v) is 6.91. The van der Waals surface area contributed by atoms with E-state index in [0.29, 0.717) is 18.9 Å². The van der Waals surface area contributed by atoms with Crippen molar-refractivity contribution in [3.05, 3.63) is 35.4 Å². The highest BCUT2D eigenvalue weighted by atomic mass is 16.5. The van der Waals surface area contributed by atoms with Gasteiger partial charge in [0.1, 0.15) is 0 Å². The highest BCUT2D eigenvalue weighted by Gasteiger charge is 2.31. The number of aliphatic hydroxyl groups is 1. The summed E-state index contributed by atoms with van der Waals surface area (Å²) in [5.41, 5.74) is 2.43. The van der Waals surface area contributed by atoms with E-state index in [1.807, 2.05) is 6.92 Å². The number of ether oxygens (including phenoxy) is 1. The molecule has 2 nitrogen and oxygen atoms in total. The lowest BCUT2D eigenvalue weighted by atomic mass is 9.83. The summed E-state index contributed by atoms with van der Waals surface area (Å²) in [4.78, 5) is 0. The fourth-order valence-corrected chi connectivity index (χ4v) is 2.50. The van der Waals surface area contributed by atoms with Crippen molar-refractivity contribution in [1.29, 1.82) is 0 Å². The minimum absolute atomic E-state index is 0.0622. The van der Waals surface area contributed by atoms with Crippen molar-refractivity contribution >= 4 is 0 Å². The first-order valence-electron chi connectivity index (χ1n) is 7.64.